The summed E-state index contributed by atoms with van der Waals surface area (Å²) in [5.74, 6) is 3.18. The van der Waals surface area contributed by atoms with Gasteiger partial charge in [0.2, 0.25) is 5.91 Å². The largest absolute Gasteiger partial charge is 0.466 e. The second kappa shape index (κ2) is 80.3. The van der Waals surface area contributed by atoms with Crippen molar-refractivity contribution in [2.75, 3.05) is 66.8 Å². The van der Waals surface area contributed by atoms with Crippen molar-refractivity contribution >= 4 is 29.8 Å². The van der Waals surface area contributed by atoms with Crippen LogP contribution in [0.4, 0.5) is 0 Å². The van der Waals surface area contributed by atoms with Crippen LogP contribution in [-0.4, -0.2) is 130 Å². The third kappa shape index (κ3) is 65.5. The van der Waals surface area contributed by atoms with Gasteiger partial charge in [-0.3, -0.25) is 28.9 Å². The Balaban J connectivity index is 2.67. The molecule has 14 nitrogen and oxygen atoms in total. The fourth-order valence-electron chi connectivity index (χ4n) is 18.3. The minimum atomic E-state index is -0.486. The molecule has 1 rings (SSSR count). The van der Waals surface area contributed by atoms with E-state index in [1.165, 1.54) is 199 Å². The smallest absolute Gasteiger partial charge is 0.305 e. The summed E-state index contributed by atoms with van der Waals surface area (Å²) >= 11 is 0. The van der Waals surface area contributed by atoms with Crippen molar-refractivity contribution < 1.29 is 52.4 Å². The lowest BCUT2D eigenvalue weighted by atomic mass is 9.69. The molecular formula is C103H199N3O11. The maximum Gasteiger partial charge on any atom is 0.305 e. The number of likely N-dealkylation sites (N-methyl/N-ethyl adjacent to an activating group) is 1. The van der Waals surface area contributed by atoms with Gasteiger partial charge in [-0.05, 0) is 166 Å². The molecule has 0 aliphatic carbocycles. The highest BCUT2D eigenvalue weighted by molar-refractivity contribution is 5.78. The molecule has 1 fully saturated rings. The van der Waals surface area contributed by atoms with Gasteiger partial charge in [-0.15, -0.1) is 0 Å². The van der Waals surface area contributed by atoms with E-state index in [0.717, 1.165) is 219 Å². The second-order valence-corrected chi connectivity index (χ2v) is 37.4. The molecule has 7 atom stereocenters. The van der Waals surface area contributed by atoms with E-state index in [1.807, 2.05) is 7.05 Å². The number of rotatable bonds is 89. The van der Waals surface area contributed by atoms with Crippen LogP contribution in [0.5, 0.6) is 0 Å². The van der Waals surface area contributed by atoms with Gasteiger partial charge in [0.25, 0.3) is 0 Å². The predicted molar refractivity (Wildman–Crippen MR) is 496 cm³/mol. The molecule has 117 heavy (non-hydrogen) atoms. The van der Waals surface area contributed by atoms with Crippen molar-refractivity contribution in [2.45, 2.75) is 530 Å². The van der Waals surface area contributed by atoms with Crippen molar-refractivity contribution in [3.05, 3.63) is 0 Å². The normalized spacial score (nSPS) is 15.8. The summed E-state index contributed by atoms with van der Waals surface area (Å²) in [6.07, 6.45) is 74.4. The fourth-order valence-corrected chi connectivity index (χ4v) is 18.3. The molecule has 1 heterocycles. The Morgan fingerprint density at radius 3 is 1.10 bits per heavy atom. The zero-order valence-corrected chi connectivity index (χ0v) is 80.1. The van der Waals surface area contributed by atoms with Crippen molar-refractivity contribution in [3.8, 4) is 0 Å². The number of ether oxygens (including phenoxy) is 6. The molecule has 0 saturated carbocycles. The lowest BCUT2D eigenvalue weighted by Crippen LogP contribution is -2.41. The summed E-state index contributed by atoms with van der Waals surface area (Å²) in [6, 6.07) is 0.706. The Hall–Kier alpha value is -2.81. The molecule has 692 valence electrons. The van der Waals surface area contributed by atoms with Gasteiger partial charge in [0.05, 0.1) is 45.7 Å². The summed E-state index contributed by atoms with van der Waals surface area (Å²) in [7, 11) is 4.21. The standard InChI is InChI=1S/C103H199N3O11/c1-14-23-46-61-90(62-47-24-15-2)75-82-112-99(108)70-54-40-32-30-38-52-67-95(104-98(107)87-105(12)22-9)68-53-39-31-33-41-55-72-101(110)114-84-77-92(65-50-27-18-5)86-94(60-21-8)97(69-29-20-7)93(66-51-28-19-6)78-85-115-102(111)73-57-43-35-37-45-59-80-103(116-88-96(117-103)74-81-106(13)89(10)11)79-58-44-36-34-42-56-71-100(109)113-83-76-91(63-48-25-16-3)64-49-26-17-4/h89-97H,14-88H2,1-13H3,(H,104,107). The van der Waals surface area contributed by atoms with E-state index in [1.54, 1.807) is 0 Å². The highest BCUT2D eigenvalue weighted by Gasteiger charge is 2.40. The van der Waals surface area contributed by atoms with Crippen LogP contribution in [0.15, 0.2) is 0 Å². The molecule has 0 spiro atoms. The van der Waals surface area contributed by atoms with Crippen molar-refractivity contribution in [1.82, 2.24) is 15.1 Å². The Labute approximate surface area is 726 Å². The number of carbonyl (C=O) groups is 5. The molecule has 1 aliphatic rings. The van der Waals surface area contributed by atoms with E-state index in [9.17, 15) is 24.0 Å². The van der Waals surface area contributed by atoms with E-state index in [-0.39, 0.29) is 41.9 Å². The van der Waals surface area contributed by atoms with Crippen LogP contribution in [0.2, 0.25) is 0 Å². The van der Waals surface area contributed by atoms with E-state index in [0.29, 0.717) is 107 Å². The van der Waals surface area contributed by atoms with E-state index < -0.39 is 5.79 Å². The minimum Gasteiger partial charge on any atom is -0.466 e. The molecule has 0 aromatic rings. The van der Waals surface area contributed by atoms with Gasteiger partial charge >= 0.3 is 23.9 Å². The van der Waals surface area contributed by atoms with Crippen LogP contribution in [0.1, 0.15) is 506 Å². The fraction of sp³-hybridized carbons (Fsp3) is 0.951. The van der Waals surface area contributed by atoms with Gasteiger partial charge in [-0.1, -0.05) is 358 Å². The highest BCUT2D eigenvalue weighted by Crippen LogP contribution is 2.41. The highest BCUT2D eigenvalue weighted by atomic mass is 16.7. The average Bonchev–Trinajstić information content (AvgIpc) is 1.72. The summed E-state index contributed by atoms with van der Waals surface area (Å²) in [5.41, 5.74) is 0. The molecule has 1 saturated heterocycles. The van der Waals surface area contributed by atoms with Crippen LogP contribution in [-0.2, 0) is 52.4 Å². The first-order chi connectivity index (χ1) is 56.9. The minimum absolute atomic E-state index is 0.0161. The molecule has 0 radical (unpaired) electrons. The number of esters is 4. The van der Waals surface area contributed by atoms with Gasteiger partial charge in [-0.25, -0.2) is 0 Å². The molecule has 1 amide bonds. The molecule has 7 unspecified atom stereocenters. The first-order valence-corrected chi connectivity index (χ1v) is 51.6. The third-order valence-electron chi connectivity index (χ3n) is 26.4. The van der Waals surface area contributed by atoms with Crippen LogP contribution in [0.25, 0.3) is 0 Å². The van der Waals surface area contributed by atoms with Crippen LogP contribution < -0.4 is 5.32 Å². The summed E-state index contributed by atoms with van der Waals surface area (Å²) in [5, 5.41) is 3.39. The van der Waals surface area contributed by atoms with Gasteiger partial charge in [0, 0.05) is 57.2 Å². The number of hydrogen-bond acceptors (Lipinski definition) is 13. The van der Waals surface area contributed by atoms with E-state index in [4.69, 9.17) is 28.4 Å². The third-order valence-corrected chi connectivity index (χ3v) is 26.4. The summed E-state index contributed by atoms with van der Waals surface area (Å²) < 4.78 is 37.2. The van der Waals surface area contributed by atoms with Crippen LogP contribution in [0.3, 0.4) is 0 Å². The Morgan fingerprint density at radius 2 is 0.718 bits per heavy atom. The van der Waals surface area contributed by atoms with Crippen LogP contribution >= 0.6 is 0 Å². The summed E-state index contributed by atoms with van der Waals surface area (Å²) in [6.45, 7) is 30.1. The zero-order valence-electron chi connectivity index (χ0n) is 80.1. The number of unbranched alkanes of at least 4 members (excludes halogenated alkanes) is 33. The van der Waals surface area contributed by atoms with E-state index in [2.05, 4.69) is 98.3 Å². The molecular weight excluding hydrogens is 1460 g/mol. The van der Waals surface area contributed by atoms with Gasteiger partial charge in [-0.2, -0.15) is 0 Å². The monoisotopic (exact) mass is 1650 g/mol. The number of carbonyl (C=O) groups excluding carboxylic acids is 5. The Morgan fingerprint density at radius 1 is 0.368 bits per heavy atom. The Bertz CT molecular complexity index is 2220. The number of hydrogen-bond donors (Lipinski definition) is 1. The maximum atomic E-state index is 13.4. The first kappa shape index (κ1) is 112. The Kier molecular flexibility index (Phi) is 77.0. The number of amides is 1. The number of nitrogens with zero attached hydrogens (tertiary/aromatic N) is 2. The lowest BCUT2D eigenvalue weighted by molar-refractivity contribution is -0.180. The first-order valence-electron chi connectivity index (χ1n) is 51.6. The average molecular weight is 1660 g/mol. The second-order valence-electron chi connectivity index (χ2n) is 37.4. The topological polar surface area (TPSA) is 159 Å². The van der Waals surface area contributed by atoms with E-state index >= 15 is 0 Å². The molecule has 1 aliphatic heterocycles. The molecule has 0 aromatic heterocycles. The summed E-state index contributed by atoms with van der Waals surface area (Å²) in [4.78, 5) is 69.4. The quantitative estimate of drug-likeness (QED) is 0.0349. The maximum absolute atomic E-state index is 13.4. The van der Waals surface area contributed by atoms with Crippen LogP contribution in [0, 0.1) is 35.5 Å². The van der Waals surface area contributed by atoms with Crippen molar-refractivity contribution in [2.24, 2.45) is 35.5 Å². The predicted octanol–water partition coefficient (Wildman–Crippen LogP) is 29.0. The number of nitrogens with one attached hydrogen (secondary N) is 1. The molecule has 0 aromatic carbocycles. The SMILES string of the molecule is CCCCCC(CCCCC)CCOC(=O)CCCCCCCCC(CCCCCCCCC(=O)OCCC(CCCCC)CC(CCC)C(CCCC)C(CCCCC)CCOC(=O)CCCCCCCCC1(CCCCCCCCC(=O)OCCC(CCCCC)CCCCC)OCC(CCN(C)C(C)C)O1)NC(=O)CN(C)CC. The molecule has 1 N–H and O–H groups in total. The lowest BCUT2D eigenvalue weighted by Gasteiger charge is -2.36. The molecule has 0 bridgehead atoms. The van der Waals surface area contributed by atoms with Gasteiger partial charge < -0.3 is 38.6 Å². The molecule has 14 heteroatoms. The van der Waals surface area contributed by atoms with Gasteiger partial charge in [0.1, 0.15) is 0 Å². The van der Waals surface area contributed by atoms with Crippen molar-refractivity contribution in [1.29, 1.82) is 0 Å². The van der Waals surface area contributed by atoms with Gasteiger partial charge in [0.15, 0.2) is 5.79 Å². The zero-order chi connectivity index (χ0) is 85.7. The van der Waals surface area contributed by atoms with Crippen molar-refractivity contribution in [3.63, 3.8) is 0 Å².